The van der Waals surface area contributed by atoms with Gasteiger partial charge in [0.1, 0.15) is 11.5 Å². The van der Waals surface area contributed by atoms with E-state index in [9.17, 15) is 0 Å². The zero-order chi connectivity index (χ0) is 20.6. The van der Waals surface area contributed by atoms with Gasteiger partial charge in [0.25, 0.3) is 0 Å². The highest BCUT2D eigenvalue weighted by Crippen LogP contribution is 2.27. The molecule has 1 aliphatic rings. The first-order valence-corrected chi connectivity index (χ1v) is 10.6. The largest absolute Gasteiger partial charge is 0.439 e. The number of hydrogen-bond donors (Lipinski definition) is 2. The fraction of sp³-hybridized carbons (Fsp3) is 0.261. The molecule has 0 amide bonds. The van der Waals surface area contributed by atoms with Crippen LogP contribution in [0.4, 0.5) is 5.95 Å². The molecular weight excluding hydrogens is 396 g/mol. The Kier molecular flexibility index (Phi) is 6.72. The van der Waals surface area contributed by atoms with Crippen LogP contribution in [0.3, 0.4) is 0 Å². The van der Waals surface area contributed by atoms with Crippen LogP contribution in [0.5, 0.6) is 23.3 Å². The van der Waals surface area contributed by atoms with Gasteiger partial charge in [0.2, 0.25) is 17.7 Å². The van der Waals surface area contributed by atoms with Crippen LogP contribution in [-0.4, -0.2) is 21.1 Å². The standard InChI is InChI=1S/C23H24N4O2S/c30-23(24-17-10-4-1-5-11-17)27-22-25-20(28-18-12-6-2-7-13-18)16-21(26-22)29-19-14-8-3-9-15-19/h2-3,6-9,12-17H,1,4-5,10-11H2,(H2,24,25,26,27,30). The van der Waals surface area contributed by atoms with Crippen molar-refractivity contribution in [2.75, 3.05) is 5.32 Å². The summed E-state index contributed by atoms with van der Waals surface area (Å²) in [5.41, 5.74) is 0. The molecule has 7 heteroatoms. The van der Waals surface area contributed by atoms with E-state index < -0.39 is 0 Å². The molecule has 0 atom stereocenters. The number of anilines is 1. The van der Waals surface area contributed by atoms with Crippen LogP contribution in [0.15, 0.2) is 66.7 Å². The molecule has 154 valence electrons. The third kappa shape index (κ3) is 5.90. The van der Waals surface area contributed by atoms with Gasteiger partial charge in [-0.1, -0.05) is 55.7 Å². The van der Waals surface area contributed by atoms with Gasteiger partial charge in [-0.3, -0.25) is 0 Å². The second kappa shape index (κ2) is 10.0. The number of nitrogens with one attached hydrogen (secondary N) is 2. The summed E-state index contributed by atoms with van der Waals surface area (Å²) in [6, 6.07) is 21.0. The molecule has 0 bridgehead atoms. The Hall–Kier alpha value is -3.19. The van der Waals surface area contributed by atoms with E-state index in [0.717, 1.165) is 12.8 Å². The quantitative estimate of drug-likeness (QED) is 0.497. The zero-order valence-corrected chi connectivity index (χ0v) is 17.4. The minimum Gasteiger partial charge on any atom is -0.439 e. The monoisotopic (exact) mass is 420 g/mol. The molecular formula is C23H24N4O2S. The van der Waals surface area contributed by atoms with E-state index in [1.807, 2.05) is 60.7 Å². The SMILES string of the molecule is S=C(Nc1nc(Oc2ccccc2)cc(Oc2ccccc2)n1)NC1CCCCC1. The third-order valence-corrected chi connectivity index (χ3v) is 5.00. The van der Waals surface area contributed by atoms with Gasteiger partial charge in [-0.15, -0.1) is 0 Å². The van der Waals surface area contributed by atoms with Crippen molar-refractivity contribution >= 4 is 23.3 Å². The Balaban J connectivity index is 1.52. The van der Waals surface area contributed by atoms with Gasteiger partial charge in [-0.05, 0) is 49.3 Å². The molecule has 0 radical (unpaired) electrons. The Morgan fingerprint density at radius 2 is 1.33 bits per heavy atom. The molecule has 0 unspecified atom stereocenters. The fourth-order valence-electron chi connectivity index (χ4n) is 3.35. The predicted octanol–water partition coefficient (Wildman–Crippen LogP) is 5.68. The molecule has 3 aromatic rings. The van der Waals surface area contributed by atoms with E-state index in [2.05, 4.69) is 20.6 Å². The molecule has 1 fully saturated rings. The van der Waals surface area contributed by atoms with Crippen molar-refractivity contribution in [3.05, 3.63) is 66.7 Å². The van der Waals surface area contributed by atoms with Crippen molar-refractivity contribution < 1.29 is 9.47 Å². The number of thiocarbonyl (C=S) groups is 1. The number of para-hydroxylation sites is 2. The van der Waals surface area contributed by atoms with Crippen LogP contribution in [0.1, 0.15) is 32.1 Å². The first kappa shape index (κ1) is 20.1. The van der Waals surface area contributed by atoms with Crippen LogP contribution < -0.4 is 20.1 Å². The summed E-state index contributed by atoms with van der Waals surface area (Å²) in [5, 5.41) is 6.95. The van der Waals surface area contributed by atoms with Gasteiger partial charge >= 0.3 is 0 Å². The second-order valence-corrected chi connectivity index (χ2v) is 7.54. The van der Waals surface area contributed by atoms with Gasteiger partial charge < -0.3 is 20.1 Å². The molecule has 2 N–H and O–H groups in total. The molecule has 1 heterocycles. The van der Waals surface area contributed by atoms with Gasteiger partial charge in [0.15, 0.2) is 5.11 Å². The molecule has 1 aromatic heterocycles. The summed E-state index contributed by atoms with van der Waals surface area (Å²) in [6.07, 6.45) is 6.00. The van der Waals surface area contributed by atoms with Crippen molar-refractivity contribution in [2.45, 2.75) is 38.1 Å². The minimum absolute atomic E-state index is 0.322. The first-order chi connectivity index (χ1) is 14.7. The minimum atomic E-state index is 0.322. The summed E-state index contributed by atoms with van der Waals surface area (Å²) in [7, 11) is 0. The highest BCUT2D eigenvalue weighted by molar-refractivity contribution is 7.80. The topological polar surface area (TPSA) is 68.3 Å². The highest BCUT2D eigenvalue weighted by atomic mass is 32.1. The average molecular weight is 421 g/mol. The van der Waals surface area contributed by atoms with Crippen LogP contribution in [0, 0.1) is 0 Å². The summed E-state index contributed by atoms with van der Waals surface area (Å²) >= 11 is 5.48. The molecule has 0 aliphatic heterocycles. The molecule has 1 aliphatic carbocycles. The lowest BCUT2D eigenvalue weighted by Crippen LogP contribution is -2.39. The predicted molar refractivity (Wildman–Crippen MR) is 121 cm³/mol. The molecule has 2 aromatic carbocycles. The van der Waals surface area contributed by atoms with Crippen molar-refractivity contribution in [1.29, 1.82) is 0 Å². The van der Waals surface area contributed by atoms with Crippen LogP contribution in [-0.2, 0) is 0 Å². The number of rotatable bonds is 6. The van der Waals surface area contributed by atoms with Gasteiger partial charge in [-0.25, -0.2) is 0 Å². The van der Waals surface area contributed by atoms with E-state index in [0.29, 0.717) is 40.4 Å². The summed E-state index contributed by atoms with van der Waals surface area (Å²) in [6.45, 7) is 0. The van der Waals surface area contributed by atoms with Gasteiger partial charge in [0, 0.05) is 6.04 Å². The Morgan fingerprint density at radius 1 is 0.800 bits per heavy atom. The molecule has 6 nitrogen and oxygen atoms in total. The fourth-order valence-corrected chi connectivity index (χ4v) is 3.61. The van der Waals surface area contributed by atoms with E-state index in [4.69, 9.17) is 21.7 Å². The number of ether oxygens (including phenoxy) is 2. The molecule has 0 spiro atoms. The Bertz CT molecular complexity index is 904. The van der Waals surface area contributed by atoms with Gasteiger partial charge in [-0.2, -0.15) is 9.97 Å². The maximum atomic E-state index is 5.89. The Morgan fingerprint density at radius 3 is 1.87 bits per heavy atom. The molecule has 0 saturated heterocycles. The first-order valence-electron chi connectivity index (χ1n) is 10.2. The second-order valence-electron chi connectivity index (χ2n) is 7.13. The van der Waals surface area contributed by atoms with E-state index in [1.165, 1.54) is 19.3 Å². The average Bonchev–Trinajstić information content (AvgIpc) is 2.75. The van der Waals surface area contributed by atoms with E-state index >= 15 is 0 Å². The van der Waals surface area contributed by atoms with Crippen LogP contribution in [0.2, 0.25) is 0 Å². The maximum Gasteiger partial charge on any atom is 0.235 e. The van der Waals surface area contributed by atoms with Crippen LogP contribution >= 0.6 is 12.2 Å². The summed E-state index contributed by atoms with van der Waals surface area (Å²) in [4.78, 5) is 8.90. The lowest BCUT2D eigenvalue weighted by atomic mass is 9.96. The molecule has 1 saturated carbocycles. The lowest BCUT2D eigenvalue weighted by Gasteiger charge is -2.24. The van der Waals surface area contributed by atoms with Crippen molar-refractivity contribution in [2.24, 2.45) is 0 Å². The maximum absolute atomic E-state index is 5.89. The van der Waals surface area contributed by atoms with Crippen molar-refractivity contribution in [3.8, 4) is 23.3 Å². The molecule has 4 rings (SSSR count). The number of benzene rings is 2. The van der Waals surface area contributed by atoms with Gasteiger partial charge in [0.05, 0.1) is 6.07 Å². The molecule has 30 heavy (non-hydrogen) atoms. The summed E-state index contributed by atoms with van der Waals surface area (Å²) < 4.78 is 11.8. The third-order valence-electron chi connectivity index (χ3n) is 4.78. The number of aromatic nitrogens is 2. The van der Waals surface area contributed by atoms with E-state index in [-0.39, 0.29) is 0 Å². The summed E-state index contributed by atoms with van der Waals surface area (Å²) in [5.74, 6) is 2.41. The number of hydrogen-bond acceptors (Lipinski definition) is 5. The smallest absolute Gasteiger partial charge is 0.235 e. The van der Waals surface area contributed by atoms with Crippen LogP contribution in [0.25, 0.3) is 0 Å². The lowest BCUT2D eigenvalue weighted by molar-refractivity contribution is 0.414. The van der Waals surface area contributed by atoms with E-state index in [1.54, 1.807) is 6.07 Å². The zero-order valence-electron chi connectivity index (χ0n) is 16.6. The highest BCUT2D eigenvalue weighted by Gasteiger charge is 2.15. The van der Waals surface area contributed by atoms with Crippen molar-refractivity contribution in [3.63, 3.8) is 0 Å². The normalized spacial score (nSPS) is 14.0. The number of nitrogens with zero attached hydrogens (tertiary/aromatic N) is 2. The Labute approximate surface area is 181 Å². The van der Waals surface area contributed by atoms with Crippen molar-refractivity contribution in [1.82, 2.24) is 15.3 Å².